The Balaban J connectivity index is 2.76. The number of halogens is 6. The molecule has 1 aromatic carbocycles. The molecule has 0 spiro atoms. The van der Waals surface area contributed by atoms with E-state index in [4.69, 9.17) is 0 Å². The van der Waals surface area contributed by atoms with Gasteiger partial charge in [-0.2, -0.15) is 26.3 Å². The van der Waals surface area contributed by atoms with Gasteiger partial charge in [0.15, 0.2) is 0 Å². The minimum atomic E-state index is -4.56. The molecule has 4 nitrogen and oxygen atoms in total. The molecule has 0 atom stereocenters. The molecule has 0 aliphatic carbocycles. The molecule has 27 heavy (non-hydrogen) atoms. The van der Waals surface area contributed by atoms with Gasteiger partial charge >= 0.3 is 12.4 Å². The molecule has 0 fully saturated rings. The Morgan fingerprint density at radius 2 is 1.44 bits per heavy atom. The van der Waals surface area contributed by atoms with Crippen molar-refractivity contribution in [2.24, 2.45) is 5.41 Å². The van der Waals surface area contributed by atoms with Gasteiger partial charge in [0, 0.05) is 10.6 Å². The van der Waals surface area contributed by atoms with Crippen LogP contribution >= 0.6 is 11.8 Å². The standard InChI is InChI=1S/C16H18F6N2O2S/c1-14(2,13(26)24-8-16(20,21)22)9-27-11-6-4-3-5-10(11)12(25)23-7-15(17,18)19/h3-6H,7-9H2,1-2H3,(H,23,25)(H,24,26). The Labute approximate surface area is 156 Å². The van der Waals surface area contributed by atoms with Crippen molar-refractivity contribution in [2.75, 3.05) is 18.8 Å². The number of nitrogens with one attached hydrogen (secondary N) is 2. The Hall–Kier alpha value is -1.91. The molecule has 2 amide bonds. The second-order valence-corrected chi connectivity index (χ2v) is 7.28. The molecule has 0 saturated heterocycles. The molecule has 0 unspecified atom stereocenters. The molecule has 2 N–H and O–H groups in total. The van der Waals surface area contributed by atoms with Crippen LogP contribution in [0, 0.1) is 5.41 Å². The molecule has 1 aromatic rings. The molecule has 152 valence electrons. The van der Waals surface area contributed by atoms with E-state index in [-0.39, 0.29) is 11.3 Å². The molecule has 0 radical (unpaired) electrons. The van der Waals surface area contributed by atoms with Crippen molar-refractivity contribution in [1.82, 2.24) is 10.6 Å². The van der Waals surface area contributed by atoms with Gasteiger partial charge in [-0.05, 0) is 12.1 Å². The molecule has 0 bridgehead atoms. The maximum absolute atomic E-state index is 12.2. The lowest BCUT2D eigenvalue weighted by Gasteiger charge is -2.24. The van der Waals surface area contributed by atoms with Crippen LogP contribution in [-0.2, 0) is 4.79 Å². The predicted octanol–water partition coefficient (Wildman–Crippen LogP) is 3.78. The number of carbonyl (C=O) groups excluding carboxylic acids is 2. The van der Waals surface area contributed by atoms with Gasteiger partial charge in [-0.1, -0.05) is 26.0 Å². The van der Waals surface area contributed by atoms with E-state index >= 15 is 0 Å². The van der Waals surface area contributed by atoms with E-state index in [2.05, 4.69) is 0 Å². The topological polar surface area (TPSA) is 58.2 Å². The van der Waals surface area contributed by atoms with Crippen molar-refractivity contribution in [3.05, 3.63) is 29.8 Å². The van der Waals surface area contributed by atoms with Crippen LogP contribution in [0.5, 0.6) is 0 Å². The minimum Gasteiger partial charge on any atom is -0.346 e. The third-order valence-electron chi connectivity index (χ3n) is 3.23. The molecule has 0 saturated carbocycles. The normalized spacial score (nSPS) is 12.6. The van der Waals surface area contributed by atoms with Gasteiger partial charge in [0.25, 0.3) is 5.91 Å². The van der Waals surface area contributed by atoms with E-state index in [1.54, 1.807) is 16.7 Å². The predicted molar refractivity (Wildman–Crippen MR) is 88.4 cm³/mol. The smallest absolute Gasteiger partial charge is 0.346 e. The Morgan fingerprint density at radius 3 is 2.00 bits per heavy atom. The fourth-order valence-corrected chi connectivity index (χ4v) is 2.94. The number of amides is 2. The first-order valence-corrected chi connectivity index (χ1v) is 8.62. The maximum atomic E-state index is 12.2. The van der Waals surface area contributed by atoms with Gasteiger partial charge in [0.2, 0.25) is 5.91 Å². The fraction of sp³-hybridized carbons (Fsp3) is 0.500. The molecule has 1 rings (SSSR count). The van der Waals surface area contributed by atoms with Crippen LogP contribution in [0.4, 0.5) is 26.3 Å². The average molecular weight is 416 g/mol. The Kier molecular flexibility index (Phi) is 7.58. The van der Waals surface area contributed by atoms with Crippen molar-refractivity contribution < 1.29 is 35.9 Å². The van der Waals surface area contributed by atoms with E-state index in [1.165, 1.54) is 32.0 Å². The van der Waals surface area contributed by atoms with Crippen LogP contribution < -0.4 is 10.6 Å². The number of carbonyl (C=O) groups is 2. The SMILES string of the molecule is CC(C)(CSc1ccccc1C(=O)NCC(F)(F)F)C(=O)NCC(F)(F)F. The molecular weight excluding hydrogens is 398 g/mol. The number of alkyl halides is 6. The lowest BCUT2D eigenvalue weighted by molar-refractivity contribution is -0.142. The zero-order valence-corrected chi connectivity index (χ0v) is 15.2. The first-order valence-electron chi connectivity index (χ1n) is 7.63. The van der Waals surface area contributed by atoms with Gasteiger partial charge in [0.05, 0.1) is 11.0 Å². The van der Waals surface area contributed by atoms with E-state index in [9.17, 15) is 35.9 Å². The van der Waals surface area contributed by atoms with Gasteiger partial charge in [-0.15, -0.1) is 11.8 Å². The van der Waals surface area contributed by atoms with E-state index in [0.29, 0.717) is 4.90 Å². The van der Waals surface area contributed by atoms with E-state index in [1.807, 2.05) is 0 Å². The number of hydrogen-bond acceptors (Lipinski definition) is 3. The van der Waals surface area contributed by atoms with Crippen molar-refractivity contribution in [1.29, 1.82) is 0 Å². The summed E-state index contributed by atoms with van der Waals surface area (Å²) < 4.78 is 73.3. The highest BCUT2D eigenvalue weighted by molar-refractivity contribution is 7.99. The largest absolute Gasteiger partial charge is 0.405 e. The third kappa shape index (κ3) is 8.55. The van der Waals surface area contributed by atoms with Gasteiger partial charge in [0.1, 0.15) is 13.1 Å². The van der Waals surface area contributed by atoms with Crippen LogP contribution in [0.3, 0.4) is 0 Å². The summed E-state index contributed by atoms with van der Waals surface area (Å²) in [6.07, 6.45) is -9.10. The highest BCUT2D eigenvalue weighted by Gasteiger charge is 2.33. The highest BCUT2D eigenvalue weighted by Crippen LogP contribution is 2.30. The monoisotopic (exact) mass is 416 g/mol. The van der Waals surface area contributed by atoms with Gasteiger partial charge in [-0.25, -0.2) is 0 Å². The second-order valence-electron chi connectivity index (χ2n) is 6.26. The quantitative estimate of drug-likeness (QED) is 0.526. The summed E-state index contributed by atoms with van der Waals surface area (Å²) in [5.41, 5.74) is -1.22. The molecule has 0 aromatic heterocycles. The second kappa shape index (κ2) is 8.85. The lowest BCUT2D eigenvalue weighted by Crippen LogP contribution is -2.42. The summed E-state index contributed by atoms with van der Waals surface area (Å²) in [4.78, 5) is 24.2. The van der Waals surface area contributed by atoms with Gasteiger partial charge < -0.3 is 10.6 Å². The summed E-state index contributed by atoms with van der Waals surface area (Å²) in [5, 5.41) is 3.55. The molecule has 0 aliphatic rings. The van der Waals surface area contributed by atoms with Crippen molar-refractivity contribution >= 4 is 23.6 Å². The van der Waals surface area contributed by atoms with Crippen LogP contribution in [0.2, 0.25) is 0 Å². The van der Waals surface area contributed by atoms with Crippen LogP contribution in [0.15, 0.2) is 29.2 Å². The number of rotatable bonds is 7. The minimum absolute atomic E-state index is 0.0141. The number of hydrogen-bond donors (Lipinski definition) is 2. The van der Waals surface area contributed by atoms with E-state index < -0.39 is 42.7 Å². The third-order valence-corrected chi connectivity index (χ3v) is 4.77. The maximum Gasteiger partial charge on any atom is 0.405 e. The van der Waals surface area contributed by atoms with Crippen LogP contribution in [-0.4, -0.2) is 43.0 Å². The first-order chi connectivity index (χ1) is 12.2. The Morgan fingerprint density at radius 1 is 0.926 bits per heavy atom. The molecule has 11 heteroatoms. The summed E-state index contributed by atoms with van der Waals surface area (Å²) >= 11 is 0.993. The lowest BCUT2D eigenvalue weighted by atomic mass is 9.95. The molecule has 0 heterocycles. The van der Waals surface area contributed by atoms with Crippen LogP contribution in [0.1, 0.15) is 24.2 Å². The van der Waals surface area contributed by atoms with Crippen LogP contribution in [0.25, 0.3) is 0 Å². The summed E-state index contributed by atoms with van der Waals surface area (Å²) in [6, 6.07) is 5.83. The first kappa shape index (κ1) is 23.1. The van der Waals surface area contributed by atoms with Crippen molar-refractivity contribution in [3.63, 3.8) is 0 Å². The molecular formula is C16H18F6N2O2S. The van der Waals surface area contributed by atoms with E-state index in [0.717, 1.165) is 11.8 Å². The highest BCUT2D eigenvalue weighted by atomic mass is 32.2. The summed E-state index contributed by atoms with van der Waals surface area (Å²) in [5.74, 6) is -1.75. The molecule has 0 aliphatic heterocycles. The number of thioether (sulfide) groups is 1. The fourth-order valence-electron chi connectivity index (χ4n) is 1.80. The number of benzene rings is 1. The summed E-state index contributed by atoms with van der Waals surface area (Å²) in [6.45, 7) is -0.0946. The zero-order chi connectivity index (χ0) is 20.9. The van der Waals surface area contributed by atoms with Gasteiger partial charge in [-0.3, -0.25) is 9.59 Å². The van der Waals surface area contributed by atoms with Crippen molar-refractivity contribution in [2.45, 2.75) is 31.1 Å². The average Bonchev–Trinajstić information content (AvgIpc) is 2.54. The summed E-state index contributed by atoms with van der Waals surface area (Å²) in [7, 11) is 0. The Bertz CT molecular complexity index is 674. The van der Waals surface area contributed by atoms with Crippen molar-refractivity contribution in [3.8, 4) is 0 Å². The zero-order valence-electron chi connectivity index (χ0n) is 14.4.